The molecule has 1 aliphatic rings. The number of ether oxygens (including phenoxy) is 1. The second-order valence-corrected chi connectivity index (χ2v) is 8.96. The van der Waals surface area contributed by atoms with Crippen LogP contribution >= 0.6 is 0 Å². The van der Waals surface area contributed by atoms with Gasteiger partial charge < -0.3 is 15.2 Å². The van der Waals surface area contributed by atoms with Crippen LogP contribution in [0.1, 0.15) is 44.2 Å². The zero-order chi connectivity index (χ0) is 25.2. The minimum atomic E-state index is -1.18. The number of nitrogens with zero attached hydrogens (tertiary/aromatic N) is 2. The monoisotopic (exact) mass is 476 g/mol. The number of rotatable bonds is 8. The molecular formula is C26H28N4O5. The topological polar surface area (TPSA) is 123 Å². The molecule has 0 bridgehead atoms. The molecule has 4 rings (SSSR count). The molecule has 0 fully saturated rings. The Morgan fingerprint density at radius 3 is 2.26 bits per heavy atom. The average molecular weight is 477 g/mol. The Balaban J connectivity index is 1.39. The Labute approximate surface area is 203 Å². The van der Waals surface area contributed by atoms with Gasteiger partial charge in [0, 0.05) is 12.1 Å². The van der Waals surface area contributed by atoms with Crippen molar-refractivity contribution in [3.63, 3.8) is 0 Å². The van der Waals surface area contributed by atoms with Gasteiger partial charge in [-0.3, -0.25) is 14.8 Å². The van der Waals surface area contributed by atoms with Gasteiger partial charge in [0.25, 0.3) is 0 Å². The van der Waals surface area contributed by atoms with E-state index in [4.69, 9.17) is 4.74 Å². The molecule has 182 valence electrons. The molecule has 0 saturated heterocycles. The lowest BCUT2D eigenvalue weighted by molar-refractivity contribution is -0.143. The van der Waals surface area contributed by atoms with Gasteiger partial charge in [-0.15, -0.1) is 0 Å². The first kappa shape index (κ1) is 24.0. The van der Waals surface area contributed by atoms with Gasteiger partial charge in [0.15, 0.2) is 0 Å². The summed E-state index contributed by atoms with van der Waals surface area (Å²) >= 11 is 0. The lowest BCUT2D eigenvalue weighted by atomic mass is 9.98. The van der Waals surface area contributed by atoms with E-state index in [9.17, 15) is 19.5 Å². The Bertz CT molecular complexity index is 1220. The van der Waals surface area contributed by atoms with Crippen LogP contribution in [0.15, 0.2) is 60.9 Å². The van der Waals surface area contributed by atoms with Crippen molar-refractivity contribution in [1.82, 2.24) is 15.1 Å². The van der Waals surface area contributed by atoms with Crippen molar-refractivity contribution < 1.29 is 24.2 Å². The molecule has 1 aromatic heterocycles. The minimum Gasteiger partial charge on any atom is -0.480 e. The van der Waals surface area contributed by atoms with Gasteiger partial charge in [0.05, 0.1) is 11.9 Å². The summed E-state index contributed by atoms with van der Waals surface area (Å²) in [6.45, 7) is 5.08. The maximum absolute atomic E-state index is 12.7. The average Bonchev–Trinajstić information content (AvgIpc) is 3.44. The molecule has 3 N–H and O–H groups in total. The maximum Gasteiger partial charge on any atom is 0.411 e. The number of aliphatic carboxylic acids is 1. The number of amides is 2. The quantitative estimate of drug-likeness (QED) is 0.452. The first-order valence-corrected chi connectivity index (χ1v) is 11.4. The van der Waals surface area contributed by atoms with Crippen LogP contribution in [-0.4, -0.2) is 45.5 Å². The zero-order valence-electron chi connectivity index (χ0n) is 19.8. The Morgan fingerprint density at radius 2 is 1.69 bits per heavy atom. The summed E-state index contributed by atoms with van der Waals surface area (Å²) in [5.74, 6) is -1.66. The Kier molecular flexibility index (Phi) is 6.59. The molecule has 0 unspecified atom stereocenters. The van der Waals surface area contributed by atoms with E-state index in [1.54, 1.807) is 20.8 Å². The molecule has 9 nitrogen and oxygen atoms in total. The summed E-state index contributed by atoms with van der Waals surface area (Å²) in [7, 11) is 0. The van der Waals surface area contributed by atoms with Gasteiger partial charge in [-0.25, -0.2) is 9.59 Å². The van der Waals surface area contributed by atoms with E-state index >= 15 is 0 Å². The number of carbonyl (C=O) groups excluding carboxylic acids is 2. The molecule has 2 aromatic carbocycles. The lowest BCUT2D eigenvalue weighted by Crippen LogP contribution is -2.50. The van der Waals surface area contributed by atoms with E-state index in [0.717, 1.165) is 22.3 Å². The Hall–Kier alpha value is -4.14. The number of hydrogen-bond acceptors (Lipinski definition) is 5. The van der Waals surface area contributed by atoms with Crippen molar-refractivity contribution in [2.45, 2.75) is 44.7 Å². The molecule has 1 atom stereocenters. The highest BCUT2D eigenvalue weighted by atomic mass is 16.5. The van der Waals surface area contributed by atoms with Crippen LogP contribution in [0.3, 0.4) is 0 Å². The van der Waals surface area contributed by atoms with Gasteiger partial charge in [-0.05, 0) is 42.5 Å². The molecule has 35 heavy (non-hydrogen) atoms. The van der Waals surface area contributed by atoms with Crippen molar-refractivity contribution >= 4 is 23.7 Å². The first-order valence-electron chi connectivity index (χ1n) is 11.4. The third kappa shape index (κ3) is 4.75. The number of hydrogen-bond donors (Lipinski definition) is 3. The van der Waals surface area contributed by atoms with Crippen LogP contribution in [-0.2, 0) is 19.9 Å². The van der Waals surface area contributed by atoms with Crippen molar-refractivity contribution in [1.29, 1.82) is 0 Å². The van der Waals surface area contributed by atoms with E-state index < -0.39 is 29.6 Å². The molecule has 0 radical (unpaired) electrons. The van der Waals surface area contributed by atoms with Crippen LogP contribution < -0.4 is 10.6 Å². The van der Waals surface area contributed by atoms with Crippen LogP contribution in [0.2, 0.25) is 0 Å². The lowest BCUT2D eigenvalue weighted by Gasteiger charge is -2.26. The molecule has 9 heteroatoms. The summed E-state index contributed by atoms with van der Waals surface area (Å²) < 4.78 is 6.92. The van der Waals surface area contributed by atoms with Gasteiger partial charge in [-0.2, -0.15) is 5.10 Å². The number of fused-ring (bicyclic) bond motifs is 3. The number of carbonyl (C=O) groups is 3. The van der Waals surface area contributed by atoms with Crippen molar-refractivity contribution in [2.24, 2.45) is 0 Å². The second kappa shape index (κ2) is 9.61. The standard InChI is InChI=1S/C26H28N4O5/c1-4-22(23(31)32)29-24(33)26(2,3)30-14-16(13-27-30)28-25(34)35-15-21-19-11-7-5-9-17(19)18-10-6-8-12-20(18)21/h5-14,21-22H,4,15H2,1-3H3,(H,28,34)(H,29,33)(H,31,32)/t22-/m0/s1. The van der Waals surface area contributed by atoms with Gasteiger partial charge >= 0.3 is 12.1 Å². The minimum absolute atomic E-state index is 0.0563. The van der Waals surface area contributed by atoms with Crippen molar-refractivity contribution in [2.75, 3.05) is 11.9 Å². The first-order chi connectivity index (χ1) is 16.7. The van der Waals surface area contributed by atoms with Crippen LogP contribution in [0.4, 0.5) is 10.5 Å². The summed E-state index contributed by atoms with van der Waals surface area (Å²) in [4.78, 5) is 36.5. The fraction of sp³-hybridized carbons (Fsp3) is 0.308. The summed E-state index contributed by atoms with van der Waals surface area (Å²) in [6.07, 6.45) is 2.53. The van der Waals surface area contributed by atoms with Crippen LogP contribution in [0, 0.1) is 0 Å². The van der Waals surface area contributed by atoms with E-state index in [0.29, 0.717) is 5.69 Å². The number of aromatic nitrogens is 2. The number of benzene rings is 2. The molecule has 3 aromatic rings. The number of anilines is 1. The normalized spacial score (nSPS) is 13.5. The predicted octanol–water partition coefficient (Wildman–Crippen LogP) is 3.96. The molecule has 0 aliphatic heterocycles. The summed E-state index contributed by atoms with van der Waals surface area (Å²) in [5.41, 5.74) is 3.71. The van der Waals surface area contributed by atoms with Gasteiger partial charge in [0.2, 0.25) is 5.91 Å². The van der Waals surface area contributed by atoms with Gasteiger partial charge in [-0.1, -0.05) is 55.5 Å². The SMILES string of the molecule is CC[C@H](NC(=O)C(C)(C)n1cc(NC(=O)OCC2c3ccccc3-c3ccccc32)cn1)C(=O)O. The van der Waals surface area contributed by atoms with Gasteiger partial charge in [0.1, 0.15) is 18.2 Å². The van der Waals surface area contributed by atoms with Crippen molar-refractivity contribution in [3.05, 3.63) is 72.1 Å². The highest BCUT2D eigenvalue weighted by Crippen LogP contribution is 2.44. The summed E-state index contributed by atoms with van der Waals surface area (Å²) in [6, 6.07) is 15.2. The van der Waals surface area contributed by atoms with Crippen LogP contribution in [0.25, 0.3) is 11.1 Å². The fourth-order valence-corrected chi connectivity index (χ4v) is 4.22. The van der Waals surface area contributed by atoms with E-state index in [1.807, 2.05) is 36.4 Å². The number of carboxylic acids is 1. The highest BCUT2D eigenvalue weighted by molar-refractivity contribution is 5.88. The summed E-state index contributed by atoms with van der Waals surface area (Å²) in [5, 5.41) is 18.5. The Morgan fingerprint density at radius 1 is 1.09 bits per heavy atom. The van der Waals surface area contributed by atoms with E-state index in [1.165, 1.54) is 17.1 Å². The molecular weight excluding hydrogens is 448 g/mol. The third-order valence-corrected chi connectivity index (χ3v) is 6.31. The van der Waals surface area contributed by atoms with Crippen molar-refractivity contribution in [3.8, 4) is 11.1 Å². The number of nitrogens with one attached hydrogen (secondary N) is 2. The molecule has 0 spiro atoms. The zero-order valence-corrected chi connectivity index (χ0v) is 19.8. The second-order valence-electron chi connectivity index (χ2n) is 8.96. The largest absolute Gasteiger partial charge is 0.480 e. The predicted molar refractivity (Wildman–Crippen MR) is 130 cm³/mol. The van der Waals surface area contributed by atoms with E-state index in [2.05, 4.69) is 27.9 Å². The number of carboxylic acid groups (broad SMARTS) is 1. The molecule has 0 saturated carbocycles. The van der Waals surface area contributed by atoms with Crippen LogP contribution in [0.5, 0.6) is 0 Å². The van der Waals surface area contributed by atoms with E-state index in [-0.39, 0.29) is 18.9 Å². The highest BCUT2D eigenvalue weighted by Gasteiger charge is 2.34. The maximum atomic E-state index is 12.7. The molecule has 1 aliphatic carbocycles. The molecule has 1 heterocycles. The smallest absolute Gasteiger partial charge is 0.411 e. The fourth-order valence-electron chi connectivity index (χ4n) is 4.22. The molecule has 2 amide bonds. The third-order valence-electron chi connectivity index (χ3n) is 6.31.